The number of methoxy groups -OCH3 is 3. The zero-order valence-electron chi connectivity index (χ0n) is 16.0. The molecule has 0 spiro atoms. The molecule has 0 N–H and O–H groups in total. The van der Waals surface area contributed by atoms with E-state index in [0.717, 1.165) is 0 Å². The standard InChI is InChI=1S/C21H19NO6/c1-12-9-14(27-8-7-22)11-16-18(12)19(23)17(28-16)10-13-5-6-15(24-2)21(26-4)20(13)25-3/h5-6,9-11H,8H2,1-4H3/b17-10-. The molecule has 0 atom stereocenters. The molecule has 0 radical (unpaired) electrons. The van der Waals surface area contributed by atoms with Crippen LogP contribution in [-0.4, -0.2) is 33.7 Å². The lowest BCUT2D eigenvalue weighted by Crippen LogP contribution is -2.01. The first-order valence-electron chi connectivity index (χ1n) is 8.41. The largest absolute Gasteiger partial charge is 0.493 e. The van der Waals surface area contributed by atoms with Crippen molar-refractivity contribution in [3.05, 3.63) is 46.7 Å². The Balaban J connectivity index is 2.02. The predicted octanol–water partition coefficient (Wildman–Crippen LogP) is 3.54. The Morgan fingerprint density at radius 2 is 1.86 bits per heavy atom. The molecule has 1 aliphatic rings. The fourth-order valence-corrected chi connectivity index (χ4v) is 3.06. The summed E-state index contributed by atoms with van der Waals surface area (Å²) in [6, 6.07) is 8.69. The van der Waals surface area contributed by atoms with Gasteiger partial charge in [-0.2, -0.15) is 5.26 Å². The molecule has 1 heterocycles. The van der Waals surface area contributed by atoms with E-state index in [1.165, 1.54) is 21.3 Å². The maximum atomic E-state index is 12.8. The number of carbonyl (C=O) groups is 1. The van der Waals surface area contributed by atoms with Crippen LogP contribution in [0.5, 0.6) is 28.7 Å². The van der Waals surface area contributed by atoms with Crippen LogP contribution in [0.4, 0.5) is 0 Å². The lowest BCUT2D eigenvalue weighted by atomic mass is 10.0. The van der Waals surface area contributed by atoms with Crippen LogP contribution < -0.4 is 23.7 Å². The van der Waals surface area contributed by atoms with Crippen molar-refractivity contribution in [1.29, 1.82) is 5.26 Å². The molecule has 0 aromatic heterocycles. The van der Waals surface area contributed by atoms with E-state index in [-0.39, 0.29) is 18.1 Å². The first kappa shape index (κ1) is 19.1. The normalized spacial score (nSPS) is 13.5. The zero-order chi connectivity index (χ0) is 20.3. The number of carbonyl (C=O) groups excluding carboxylic acids is 1. The second-order valence-corrected chi connectivity index (χ2v) is 5.92. The third-order valence-corrected chi connectivity index (χ3v) is 4.27. The Hall–Kier alpha value is -3.66. The van der Waals surface area contributed by atoms with Crippen LogP contribution in [0.2, 0.25) is 0 Å². The number of Topliss-reactive ketones (excluding diaryl/α,β-unsaturated/α-hetero) is 1. The van der Waals surface area contributed by atoms with Crippen molar-refractivity contribution in [3.8, 4) is 34.8 Å². The quantitative estimate of drug-likeness (QED) is 0.707. The molecule has 144 valence electrons. The summed E-state index contributed by atoms with van der Waals surface area (Å²) in [4.78, 5) is 12.8. The van der Waals surface area contributed by atoms with Crippen LogP contribution in [0.25, 0.3) is 6.08 Å². The summed E-state index contributed by atoms with van der Waals surface area (Å²) in [7, 11) is 4.55. The van der Waals surface area contributed by atoms with Gasteiger partial charge >= 0.3 is 0 Å². The van der Waals surface area contributed by atoms with Gasteiger partial charge in [-0.1, -0.05) is 0 Å². The number of aryl methyl sites for hydroxylation is 1. The molecular formula is C21H19NO6. The Kier molecular flexibility index (Phi) is 5.41. The van der Waals surface area contributed by atoms with E-state index in [0.29, 0.717) is 45.4 Å². The molecular weight excluding hydrogens is 362 g/mol. The Morgan fingerprint density at radius 1 is 1.11 bits per heavy atom. The summed E-state index contributed by atoms with van der Waals surface area (Å²) in [5, 5.41) is 8.67. The number of nitrogens with zero attached hydrogens (tertiary/aromatic N) is 1. The van der Waals surface area contributed by atoms with Gasteiger partial charge in [0, 0.05) is 11.6 Å². The predicted molar refractivity (Wildman–Crippen MR) is 101 cm³/mol. The van der Waals surface area contributed by atoms with Gasteiger partial charge in [0.1, 0.15) is 17.6 Å². The number of ketones is 1. The molecule has 2 aromatic rings. The topological polar surface area (TPSA) is 87.0 Å². The van der Waals surface area contributed by atoms with Gasteiger partial charge in [-0.05, 0) is 36.8 Å². The second-order valence-electron chi connectivity index (χ2n) is 5.92. The van der Waals surface area contributed by atoms with Gasteiger partial charge in [0.25, 0.3) is 0 Å². The van der Waals surface area contributed by atoms with Gasteiger partial charge in [0.15, 0.2) is 23.9 Å². The molecule has 3 rings (SSSR count). The van der Waals surface area contributed by atoms with Crippen molar-refractivity contribution in [3.63, 3.8) is 0 Å². The van der Waals surface area contributed by atoms with Gasteiger partial charge in [0.2, 0.25) is 11.5 Å². The number of hydrogen-bond donors (Lipinski definition) is 0. The first-order chi connectivity index (χ1) is 13.5. The summed E-state index contributed by atoms with van der Waals surface area (Å²) in [5.74, 6) is 2.14. The number of nitriles is 1. The van der Waals surface area contributed by atoms with Crippen molar-refractivity contribution in [1.82, 2.24) is 0 Å². The molecule has 28 heavy (non-hydrogen) atoms. The van der Waals surface area contributed by atoms with Crippen molar-refractivity contribution in [2.24, 2.45) is 0 Å². The molecule has 0 unspecified atom stereocenters. The number of fused-ring (bicyclic) bond motifs is 1. The van der Waals surface area contributed by atoms with E-state index in [1.807, 2.05) is 6.07 Å². The fraction of sp³-hybridized carbons (Fsp3) is 0.238. The Bertz CT molecular complexity index is 1000. The maximum Gasteiger partial charge on any atom is 0.232 e. The third kappa shape index (κ3) is 3.32. The summed E-state index contributed by atoms with van der Waals surface area (Å²) in [6.45, 7) is 1.71. The van der Waals surface area contributed by atoms with E-state index in [1.54, 1.807) is 37.3 Å². The second kappa shape index (κ2) is 7.92. The zero-order valence-corrected chi connectivity index (χ0v) is 16.0. The molecule has 0 amide bonds. The van der Waals surface area contributed by atoms with Gasteiger partial charge in [-0.15, -0.1) is 0 Å². The average molecular weight is 381 g/mol. The van der Waals surface area contributed by atoms with E-state index in [9.17, 15) is 4.79 Å². The van der Waals surface area contributed by atoms with Crippen LogP contribution in [-0.2, 0) is 0 Å². The first-order valence-corrected chi connectivity index (χ1v) is 8.41. The highest BCUT2D eigenvalue weighted by Gasteiger charge is 2.30. The van der Waals surface area contributed by atoms with Gasteiger partial charge in [-0.3, -0.25) is 4.79 Å². The van der Waals surface area contributed by atoms with Crippen LogP contribution in [0, 0.1) is 18.3 Å². The minimum Gasteiger partial charge on any atom is -0.493 e. The van der Waals surface area contributed by atoms with Crippen molar-refractivity contribution < 1.29 is 28.5 Å². The molecule has 0 aliphatic carbocycles. The maximum absolute atomic E-state index is 12.8. The monoisotopic (exact) mass is 381 g/mol. The number of ether oxygens (including phenoxy) is 5. The SMILES string of the molecule is COc1ccc(/C=C2\Oc3cc(OCC#N)cc(C)c3C2=O)c(OC)c1OC. The lowest BCUT2D eigenvalue weighted by molar-refractivity contribution is 0.101. The molecule has 7 heteroatoms. The summed E-state index contributed by atoms with van der Waals surface area (Å²) in [6.07, 6.45) is 1.60. The van der Waals surface area contributed by atoms with E-state index in [2.05, 4.69) is 0 Å². The molecule has 0 bridgehead atoms. The third-order valence-electron chi connectivity index (χ3n) is 4.27. The minimum atomic E-state index is -0.240. The fourth-order valence-electron chi connectivity index (χ4n) is 3.06. The number of allylic oxidation sites excluding steroid dienone is 1. The minimum absolute atomic E-state index is 0.0856. The van der Waals surface area contributed by atoms with Crippen molar-refractivity contribution in [2.75, 3.05) is 27.9 Å². The van der Waals surface area contributed by atoms with Crippen molar-refractivity contribution >= 4 is 11.9 Å². The highest BCUT2D eigenvalue weighted by atomic mass is 16.5. The molecule has 1 aliphatic heterocycles. The van der Waals surface area contributed by atoms with Gasteiger partial charge in [-0.25, -0.2) is 0 Å². The summed E-state index contributed by atoms with van der Waals surface area (Å²) >= 11 is 0. The van der Waals surface area contributed by atoms with Crippen LogP contribution in [0.1, 0.15) is 21.5 Å². The summed E-state index contributed by atoms with van der Waals surface area (Å²) in [5.41, 5.74) is 1.78. The lowest BCUT2D eigenvalue weighted by Gasteiger charge is -2.14. The van der Waals surface area contributed by atoms with Gasteiger partial charge in [0.05, 0.1) is 26.9 Å². The number of benzene rings is 2. The molecule has 7 nitrogen and oxygen atoms in total. The molecule has 0 fully saturated rings. The van der Waals surface area contributed by atoms with Crippen molar-refractivity contribution in [2.45, 2.75) is 6.92 Å². The molecule has 0 saturated heterocycles. The highest BCUT2D eigenvalue weighted by Crippen LogP contribution is 2.42. The molecule has 0 saturated carbocycles. The number of hydrogen-bond acceptors (Lipinski definition) is 7. The number of rotatable bonds is 6. The van der Waals surface area contributed by atoms with Crippen LogP contribution in [0.15, 0.2) is 30.0 Å². The smallest absolute Gasteiger partial charge is 0.232 e. The van der Waals surface area contributed by atoms with Crippen LogP contribution >= 0.6 is 0 Å². The highest BCUT2D eigenvalue weighted by molar-refractivity contribution is 6.15. The Labute approximate surface area is 162 Å². The van der Waals surface area contributed by atoms with E-state index < -0.39 is 0 Å². The Morgan fingerprint density at radius 3 is 2.50 bits per heavy atom. The van der Waals surface area contributed by atoms with Crippen LogP contribution in [0.3, 0.4) is 0 Å². The van der Waals surface area contributed by atoms with E-state index in [4.69, 9.17) is 28.9 Å². The molecule has 2 aromatic carbocycles. The van der Waals surface area contributed by atoms with E-state index >= 15 is 0 Å². The summed E-state index contributed by atoms with van der Waals surface area (Å²) < 4.78 is 27.2. The van der Waals surface area contributed by atoms with Gasteiger partial charge < -0.3 is 23.7 Å². The average Bonchev–Trinajstić information content (AvgIpc) is 3.01.